The molecule has 1 saturated heterocycles. The molecule has 7 heteroatoms. The van der Waals surface area contributed by atoms with Gasteiger partial charge in [0.1, 0.15) is 17.6 Å². The molecule has 2 aliphatic heterocycles. The number of ether oxygens (including phenoxy) is 2. The Morgan fingerprint density at radius 1 is 1.09 bits per heavy atom. The first kappa shape index (κ1) is 22.0. The van der Waals surface area contributed by atoms with E-state index >= 15 is 0 Å². The lowest BCUT2D eigenvalue weighted by Gasteiger charge is -2.39. The number of carbonyl (C=O) groups is 2. The molecule has 0 bridgehead atoms. The van der Waals surface area contributed by atoms with Crippen molar-refractivity contribution in [3.05, 3.63) is 54.1 Å². The third-order valence-corrected chi connectivity index (χ3v) is 6.28. The van der Waals surface area contributed by atoms with Gasteiger partial charge < -0.3 is 19.7 Å². The van der Waals surface area contributed by atoms with E-state index in [9.17, 15) is 9.59 Å². The number of piperidine rings is 1. The molecule has 32 heavy (non-hydrogen) atoms. The predicted octanol–water partition coefficient (Wildman–Crippen LogP) is 3.82. The van der Waals surface area contributed by atoms with Gasteiger partial charge in [-0.05, 0) is 49.1 Å². The SMILES string of the molecule is CC[C@H]1CN(C(=O)N2CCC(C(=O)NCc3ccc(OC)cc3)CC2)c2ccccc2O1. The summed E-state index contributed by atoms with van der Waals surface area (Å²) >= 11 is 0. The maximum atomic E-state index is 13.3. The number of methoxy groups -OCH3 is 1. The first-order valence-electron chi connectivity index (χ1n) is 11.3. The Balaban J connectivity index is 1.31. The van der Waals surface area contributed by atoms with E-state index in [0.29, 0.717) is 39.0 Å². The Morgan fingerprint density at radius 2 is 1.81 bits per heavy atom. The van der Waals surface area contributed by atoms with Crippen LogP contribution in [0.1, 0.15) is 31.7 Å². The zero-order valence-corrected chi connectivity index (χ0v) is 18.8. The van der Waals surface area contributed by atoms with E-state index in [-0.39, 0.29) is 24.0 Å². The summed E-state index contributed by atoms with van der Waals surface area (Å²) in [6, 6.07) is 15.4. The van der Waals surface area contributed by atoms with Crippen LogP contribution in [-0.4, -0.2) is 49.7 Å². The van der Waals surface area contributed by atoms with Gasteiger partial charge >= 0.3 is 6.03 Å². The lowest BCUT2D eigenvalue weighted by molar-refractivity contribution is -0.126. The van der Waals surface area contributed by atoms with E-state index in [1.807, 2.05) is 58.3 Å². The van der Waals surface area contributed by atoms with Gasteiger partial charge in [-0.25, -0.2) is 4.79 Å². The summed E-state index contributed by atoms with van der Waals surface area (Å²) in [5.74, 6) is 1.53. The van der Waals surface area contributed by atoms with Crippen molar-refractivity contribution < 1.29 is 19.1 Å². The fourth-order valence-corrected chi connectivity index (χ4v) is 4.27. The summed E-state index contributed by atoms with van der Waals surface area (Å²) < 4.78 is 11.2. The highest BCUT2D eigenvalue weighted by Crippen LogP contribution is 2.35. The predicted molar refractivity (Wildman–Crippen MR) is 123 cm³/mol. The minimum Gasteiger partial charge on any atom is -0.497 e. The quantitative estimate of drug-likeness (QED) is 0.772. The number of nitrogens with zero attached hydrogens (tertiary/aromatic N) is 2. The topological polar surface area (TPSA) is 71.1 Å². The molecule has 0 aliphatic carbocycles. The number of benzene rings is 2. The van der Waals surface area contributed by atoms with Crippen molar-refractivity contribution in [3.63, 3.8) is 0 Å². The van der Waals surface area contributed by atoms with Crippen LogP contribution in [0.5, 0.6) is 11.5 Å². The molecule has 0 unspecified atom stereocenters. The molecule has 1 fully saturated rings. The molecule has 1 atom stereocenters. The number of fused-ring (bicyclic) bond motifs is 1. The second kappa shape index (κ2) is 9.94. The Bertz CT molecular complexity index is 938. The second-order valence-corrected chi connectivity index (χ2v) is 8.34. The number of hydrogen-bond acceptors (Lipinski definition) is 4. The van der Waals surface area contributed by atoms with Gasteiger partial charge in [-0.3, -0.25) is 9.69 Å². The summed E-state index contributed by atoms with van der Waals surface area (Å²) in [5, 5.41) is 3.03. The summed E-state index contributed by atoms with van der Waals surface area (Å²) in [4.78, 5) is 29.6. The Hall–Kier alpha value is -3.22. The number of hydrogen-bond donors (Lipinski definition) is 1. The second-order valence-electron chi connectivity index (χ2n) is 8.34. The highest BCUT2D eigenvalue weighted by molar-refractivity contribution is 5.94. The first-order chi connectivity index (χ1) is 15.6. The van der Waals surface area contributed by atoms with Gasteiger partial charge in [-0.15, -0.1) is 0 Å². The van der Waals surface area contributed by atoms with Crippen molar-refractivity contribution in [2.45, 2.75) is 38.8 Å². The minimum absolute atomic E-state index is 0.00343. The fraction of sp³-hybridized carbons (Fsp3) is 0.440. The van der Waals surface area contributed by atoms with Crippen LogP contribution in [0.25, 0.3) is 0 Å². The largest absolute Gasteiger partial charge is 0.497 e. The van der Waals surface area contributed by atoms with Crippen molar-refractivity contribution in [2.75, 3.05) is 31.6 Å². The van der Waals surface area contributed by atoms with Gasteiger partial charge in [0.2, 0.25) is 5.91 Å². The van der Waals surface area contributed by atoms with Gasteiger partial charge in [0.15, 0.2) is 0 Å². The maximum absolute atomic E-state index is 13.3. The molecule has 3 amide bonds. The van der Waals surface area contributed by atoms with E-state index in [1.54, 1.807) is 7.11 Å². The van der Waals surface area contributed by atoms with Crippen molar-refractivity contribution in [1.29, 1.82) is 0 Å². The summed E-state index contributed by atoms with van der Waals surface area (Å²) in [6.45, 7) is 4.27. The van der Waals surface area contributed by atoms with Crippen LogP contribution in [0.4, 0.5) is 10.5 Å². The molecule has 0 radical (unpaired) electrons. The third-order valence-electron chi connectivity index (χ3n) is 6.28. The van der Waals surface area contributed by atoms with Gasteiger partial charge in [-0.2, -0.15) is 0 Å². The number of amides is 3. The van der Waals surface area contributed by atoms with Crippen molar-refractivity contribution >= 4 is 17.6 Å². The summed E-state index contributed by atoms with van der Waals surface area (Å²) in [5.41, 5.74) is 1.85. The van der Waals surface area contributed by atoms with Crippen LogP contribution in [0.3, 0.4) is 0 Å². The lowest BCUT2D eigenvalue weighted by atomic mass is 9.96. The molecule has 2 aliphatic rings. The molecule has 1 N–H and O–H groups in total. The Labute approximate surface area is 189 Å². The molecule has 7 nitrogen and oxygen atoms in total. The summed E-state index contributed by atoms with van der Waals surface area (Å²) in [6.07, 6.45) is 2.18. The summed E-state index contributed by atoms with van der Waals surface area (Å²) in [7, 11) is 1.63. The first-order valence-corrected chi connectivity index (χ1v) is 11.3. The van der Waals surface area contributed by atoms with Gasteiger partial charge in [0.25, 0.3) is 0 Å². The molecule has 170 valence electrons. The van der Waals surface area contributed by atoms with Gasteiger partial charge in [0, 0.05) is 25.6 Å². The zero-order valence-electron chi connectivity index (χ0n) is 18.8. The minimum atomic E-state index is -0.0716. The third kappa shape index (κ3) is 4.82. The van der Waals surface area contributed by atoms with Crippen molar-refractivity contribution in [2.24, 2.45) is 5.92 Å². The normalized spacial score (nSPS) is 18.5. The smallest absolute Gasteiger partial charge is 0.324 e. The number of likely N-dealkylation sites (tertiary alicyclic amines) is 1. The van der Waals surface area contributed by atoms with Crippen LogP contribution in [0.15, 0.2) is 48.5 Å². The molecule has 0 saturated carbocycles. The van der Waals surface area contributed by atoms with E-state index in [2.05, 4.69) is 12.2 Å². The Kier molecular flexibility index (Phi) is 6.83. The molecule has 4 rings (SSSR count). The fourth-order valence-electron chi connectivity index (χ4n) is 4.27. The average molecular weight is 438 g/mol. The van der Waals surface area contributed by atoms with Gasteiger partial charge in [0.05, 0.1) is 19.3 Å². The molecular weight excluding hydrogens is 406 g/mol. The van der Waals surface area contributed by atoms with Crippen LogP contribution in [0.2, 0.25) is 0 Å². The molecular formula is C25H31N3O4. The monoisotopic (exact) mass is 437 g/mol. The maximum Gasteiger partial charge on any atom is 0.324 e. The van der Waals surface area contributed by atoms with Crippen molar-refractivity contribution in [3.8, 4) is 11.5 Å². The zero-order chi connectivity index (χ0) is 22.5. The Morgan fingerprint density at radius 3 is 2.50 bits per heavy atom. The average Bonchev–Trinajstić information content (AvgIpc) is 2.86. The highest BCUT2D eigenvalue weighted by atomic mass is 16.5. The van der Waals surface area contributed by atoms with Crippen LogP contribution in [-0.2, 0) is 11.3 Å². The van der Waals surface area contributed by atoms with Crippen LogP contribution < -0.4 is 19.7 Å². The molecule has 2 aromatic carbocycles. The van der Waals surface area contributed by atoms with E-state index in [0.717, 1.165) is 29.2 Å². The highest BCUT2D eigenvalue weighted by Gasteiger charge is 2.34. The molecule has 2 aromatic rings. The van der Waals surface area contributed by atoms with E-state index < -0.39 is 0 Å². The standard InChI is InChI=1S/C25H31N3O4/c1-3-20-17-28(22-6-4-5-7-23(22)32-20)25(30)27-14-12-19(13-15-27)24(29)26-16-18-8-10-21(31-2)11-9-18/h4-11,19-20H,3,12-17H2,1-2H3,(H,26,29)/t20-/m0/s1. The lowest BCUT2D eigenvalue weighted by Crippen LogP contribution is -2.52. The van der Waals surface area contributed by atoms with Crippen molar-refractivity contribution in [1.82, 2.24) is 10.2 Å². The van der Waals surface area contributed by atoms with Gasteiger partial charge in [-0.1, -0.05) is 31.2 Å². The molecule has 2 heterocycles. The van der Waals surface area contributed by atoms with Crippen LogP contribution >= 0.6 is 0 Å². The number of anilines is 1. The molecule has 0 spiro atoms. The number of para-hydroxylation sites is 2. The number of urea groups is 1. The van der Waals surface area contributed by atoms with E-state index in [1.165, 1.54) is 0 Å². The molecule has 0 aromatic heterocycles. The van der Waals surface area contributed by atoms with Crippen LogP contribution in [0, 0.1) is 5.92 Å². The number of carbonyl (C=O) groups excluding carboxylic acids is 2. The number of nitrogens with one attached hydrogen (secondary N) is 1. The van der Waals surface area contributed by atoms with E-state index in [4.69, 9.17) is 9.47 Å². The number of rotatable bonds is 5.